The van der Waals surface area contributed by atoms with Crippen LogP contribution in [0, 0.1) is 13.8 Å². The average molecular weight is 268 g/mol. The third kappa shape index (κ3) is 3.29. The van der Waals surface area contributed by atoms with Crippen molar-refractivity contribution >= 4 is 0 Å². The molecule has 1 N–H and O–H groups in total. The van der Waals surface area contributed by atoms with Crippen molar-refractivity contribution in [3.63, 3.8) is 0 Å². The van der Waals surface area contributed by atoms with Gasteiger partial charge in [0, 0.05) is 6.42 Å². The van der Waals surface area contributed by atoms with Gasteiger partial charge in [-0.3, -0.25) is 0 Å². The van der Waals surface area contributed by atoms with Gasteiger partial charge in [0.2, 0.25) is 0 Å². The molecule has 0 radical (unpaired) electrons. The van der Waals surface area contributed by atoms with Gasteiger partial charge in [0.15, 0.2) is 0 Å². The van der Waals surface area contributed by atoms with E-state index in [0.29, 0.717) is 12.3 Å². The lowest BCUT2D eigenvalue weighted by Crippen LogP contribution is -2.06. The molecule has 1 heteroatoms. The molecule has 0 aliphatic rings. The van der Waals surface area contributed by atoms with Crippen molar-refractivity contribution in [3.05, 3.63) is 70.3 Å². The Balaban J connectivity index is 2.17. The highest BCUT2D eigenvalue weighted by Gasteiger charge is 2.13. The highest BCUT2D eigenvalue weighted by atomic mass is 16.3. The summed E-state index contributed by atoms with van der Waals surface area (Å²) >= 11 is 0. The van der Waals surface area contributed by atoms with Crippen molar-refractivity contribution < 1.29 is 5.11 Å². The molecule has 0 saturated carbocycles. The predicted molar refractivity (Wildman–Crippen MR) is 85.1 cm³/mol. The molecule has 20 heavy (non-hydrogen) atoms. The molecule has 1 nitrogen and oxygen atoms in total. The van der Waals surface area contributed by atoms with Crippen molar-refractivity contribution in [1.29, 1.82) is 0 Å². The van der Waals surface area contributed by atoms with Gasteiger partial charge in [-0.1, -0.05) is 56.3 Å². The fourth-order valence-electron chi connectivity index (χ4n) is 2.72. The summed E-state index contributed by atoms with van der Waals surface area (Å²) in [6, 6.07) is 14.8. The normalized spacial score (nSPS) is 12.7. The molecule has 0 fully saturated rings. The molecule has 0 aliphatic carbocycles. The van der Waals surface area contributed by atoms with Gasteiger partial charge in [-0.25, -0.2) is 0 Å². The van der Waals surface area contributed by atoms with Gasteiger partial charge in [-0.2, -0.15) is 0 Å². The SMILES string of the molecule is Cc1cccc(C)c1C(O)Cc1ccc(C(C)C)cc1. The topological polar surface area (TPSA) is 20.2 Å². The van der Waals surface area contributed by atoms with Gasteiger partial charge >= 0.3 is 0 Å². The van der Waals surface area contributed by atoms with E-state index in [9.17, 15) is 5.11 Å². The van der Waals surface area contributed by atoms with Crippen molar-refractivity contribution in [2.24, 2.45) is 0 Å². The molecule has 0 bridgehead atoms. The molecule has 2 aromatic rings. The lowest BCUT2D eigenvalue weighted by Gasteiger charge is -2.17. The van der Waals surface area contributed by atoms with E-state index in [2.05, 4.69) is 64.1 Å². The van der Waals surface area contributed by atoms with Crippen LogP contribution in [0.1, 0.15) is 53.7 Å². The van der Waals surface area contributed by atoms with Crippen LogP contribution in [-0.2, 0) is 6.42 Å². The lowest BCUT2D eigenvalue weighted by molar-refractivity contribution is 0.177. The molecular weight excluding hydrogens is 244 g/mol. The summed E-state index contributed by atoms with van der Waals surface area (Å²) in [6.45, 7) is 8.52. The fraction of sp³-hybridized carbons (Fsp3) is 0.368. The summed E-state index contributed by atoms with van der Waals surface area (Å²) in [6.07, 6.45) is 0.241. The first kappa shape index (κ1) is 14.8. The predicted octanol–water partition coefficient (Wildman–Crippen LogP) is 4.70. The second-order valence-electron chi connectivity index (χ2n) is 5.92. The highest BCUT2D eigenvalue weighted by molar-refractivity contribution is 5.36. The molecule has 2 rings (SSSR count). The quantitative estimate of drug-likeness (QED) is 0.852. The molecule has 0 aromatic heterocycles. The van der Waals surface area contributed by atoms with E-state index in [0.717, 1.165) is 16.7 Å². The first-order valence-corrected chi connectivity index (χ1v) is 7.32. The number of aliphatic hydroxyl groups is 1. The Hall–Kier alpha value is -1.60. The van der Waals surface area contributed by atoms with E-state index >= 15 is 0 Å². The Morgan fingerprint density at radius 2 is 1.45 bits per heavy atom. The molecule has 0 heterocycles. The van der Waals surface area contributed by atoms with Crippen LogP contribution < -0.4 is 0 Å². The maximum Gasteiger partial charge on any atom is 0.0835 e. The second-order valence-corrected chi connectivity index (χ2v) is 5.92. The van der Waals surface area contributed by atoms with Crippen molar-refractivity contribution in [2.45, 2.75) is 46.1 Å². The minimum Gasteiger partial charge on any atom is -0.388 e. The van der Waals surface area contributed by atoms with Gasteiger partial charge in [-0.15, -0.1) is 0 Å². The number of benzene rings is 2. The monoisotopic (exact) mass is 268 g/mol. The van der Waals surface area contributed by atoms with Crippen LogP contribution >= 0.6 is 0 Å². The van der Waals surface area contributed by atoms with Crippen LogP contribution in [0.3, 0.4) is 0 Å². The smallest absolute Gasteiger partial charge is 0.0835 e. The summed E-state index contributed by atoms with van der Waals surface area (Å²) in [4.78, 5) is 0. The summed E-state index contributed by atoms with van der Waals surface area (Å²) in [7, 11) is 0. The molecule has 0 spiro atoms. The average Bonchev–Trinajstić information content (AvgIpc) is 2.39. The van der Waals surface area contributed by atoms with Crippen molar-refractivity contribution in [3.8, 4) is 0 Å². The van der Waals surface area contributed by atoms with E-state index in [1.54, 1.807) is 0 Å². The Kier molecular flexibility index (Phi) is 4.61. The maximum absolute atomic E-state index is 10.5. The number of rotatable bonds is 4. The van der Waals surface area contributed by atoms with Gasteiger partial charge in [0.25, 0.3) is 0 Å². The molecule has 0 saturated heterocycles. The number of aryl methyl sites for hydroxylation is 2. The maximum atomic E-state index is 10.5. The third-order valence-electron chi connectivity index (χ3n) is 3.95. The summed E-state index contributed by atoms with van der Waals surface area (Å²) < 4.78 is 0. The van der Waals surface area contributed by atoms with Crippen LogP contribution in [0.2, 0.25) is 0 Å². The molecule has 0 aliphatic heterocycles. The minimum atomic E-state index is -0.430. The molecule has 0 amide bonds. The van der Waals surface area contributed by atoms with Gasteiger partial charge in [-0.05, 0) is 47.6 Å². The van der Waals surface area contributed by atoms with E-state index in [4.69, 9.17) is 0 Å². The summed E-state index contributed by atoms with van der Waals surface area (Å²) in [5.74, 6) is 0.549. The highest BCUT2D eigenvalue weighted by Crippen LogP contribution is 2.25. The Bertz CT molecular complexity index is 547. The summed E-state index contributed by atoms with van der Waals surface area (Å²) in [5, 5.41) is 10.5. The number of hydrogen-bond donors (Lipinski definition) is 1. The summed E-state index contributed by atoms with van der Waals surface area (Å²) in [5.41, 5.74) is 5.92. The zero-order valence-electron chi connectivity index (χ0n) is 12.9. The van der Waals surface area contributed by atoms with Crippen LogP contribution in [0.25, 0.3) is 0 Å². The number of aliphatic hydroxyl groups excluding tert-OH is 1. The largest absolute Gasteiger partial charge is 0.388 e. The van der Waals surface area contributed by atoms with Crippen molar-refractivity contribution in [2.75, 3.05) is 0 Å². The van der Waals surface area contributed by atoms with Crippen LogP contribution in [0.15, 0.2) is 42.5 Å². The molecular formula is C19H24O. The van der Waals surface area contributed by atoms with Gasteiger partial charge in [0.05, 0.1) is 6.10 Å². The van der Waals surface area contributed by atoms with Gasteiger partial charge in [0.1, 0.15) is 0 Å². The van der Waals surface area contributed by atoms with Crippen LogP contribution in [-0.4, -0.2) is 5.11 Å². The van der Waals surface area contributed by atoms with Gasteiger partial charge < -0.3 is 5.11 Å². The second kappa shape index (κ2) is 6.23. The van der Waals surface area contributed by atoms with Crippen molar-refractivity contribution in [1.82, 2.24) is 0 Å². The molecule has 2 aromatic carbocycles. The van der Waals surface area contributed by atoms with E-state index in [-0.39, 0.29) is 0 Å². The molecule has 106 valence electrons. The first-order chi connectivity index (χ1) is 9.49. The Labute approximate surface area is 122 Å². The Morgan fingerprint density at radius 3 is 1.95 bits per heavy atom. The zero-order chi connectivity index (χ0) is 14.7. The van der Waals surface area contributed by atoms with E-state index in [1.165, 1.54) is 11.1 Å². The fourth-order valence-corrected chi connectivity index (χ4v) is 2.72. The lowest BCUT2D eigenvalue weighted by atomic mass is 9.93. The standard InChI is InChI=1S/C19H24O/c1-13(2)17-10-8-16(9-11-17)12-18(20)19-14(3)6-5-7-15(19)4/h5-11,13,18,20H,12H2,1-4H3. The Morgan fingerprint density at radius 1 is 0.900 bits per heavy atom. The van der Waals surface area contributed by atoms with E-state index < -0.39 is 6.10 Å². The minimum absolute atomic E-state index is 0.430. The molecule has 1 unspecified atom stereocenters. The zero-order valence-corrected chi connectivity index (χ0v) is 12.9. The number of hydrogen-bond acceptors (Lipinski definition) is 1. The molecule has 1 atom stereocenters. The third-order valence-corrected chi connectivity index (χ3v) is 3.95. The van der Waals surface area contributed by atoms with Crippen LogP contribution in [0.4, 0.5) is 0 Å². The first-order valence-electron chi connectivity index (χ1n) is 7.32. The van der Waals surface area contributed by atoms with E-state index in [1.807, 2.05) is 6.07 Å². The van der Waals surface area contributed by atoms with Crippen LogP contribution in [0.5, 0.6) is 0 Å².